The van der Waals surface area contributed by atoms with E-state index in [9.17, 15) is 9.59 Å². The molecular formula is C29H28BrFN2O2. The Hall–Kier alpha value is -2.73. The van der Waals surface area contributed by atoms with E-state index in [0.717, 1.165) is 40.9 Å². The van der Waals surface area contributed by atoms with E-state index in [1.165, 1.54) is 0 Å². The van der Waals surface area contributed by atoms with Gasteiger partial charge in [-0.25, -0.2) is 4.39 Å². The number of hydrogen-bond donors (Lipinski definition) is 0. The summed E-state index contributed by atoms with van der Waals surface area (Å²) in [5.41, 5.74) is -0.369. The number of rotatable bonds is 3. The lowest BCUT2D eigenvalue weighted by atomic mass is 9.84. The highest BCUT2D eigenvalue weighted by Crippen LogP contribution is 2.44. The molecule has 0 radical (unpaired) electrons. The summed E-state index contributed by atoms with van der Waals surface area (Å²) in [6, 6.07) is 20.6. The highest BCUT2D eigenvalue weighted by Gasteiger charge is 2.54. The van der Waals surface area contributed by atoms with Crippen LogP contribution in [-0.2, 0) is 10.5 Å². The molecule has 0 N–H and O–H groups in total. The number of carbonyl (C=O) groups excluding carboxylic acids is 2. The first-order valence-electron chi connectivity index (χ1n) is 12.5. The number of fused-ring (bicyclic) bond motifs is 2. The molecule has 2 heterocycles. The summed E-state index contributed by atoms with van der Waals surface area (Å²) in [6.45, 7) is 0.0522. The Morgan fingerprint density at radius 3 is 2.43 bits per heavy atom. The molecule has 35 heavy (non-hydrogen) atoms. The maximum atomic E-state index is 15.7. The van der Waals surface area contributed by atoms with E-state index in [4.69, 9.17) is 0 Å². The molecule has 3 aliphatic rings. The van der Waals surface area contributed by atoms with Gasteiger partial charge >= 0.3 is 0 Å². The third-order valence-corrected chi connectivity index (χ3v) is 8.85. The topological polar surface area (TPSA) is 40.6 Å². The molecule has 3 aromatic carbocycles. The van der Waals surface area contributed by atoms with Gasteiger partial charge in [-0.05, 0) is 54.2 Å². The van der Waals surface area contributed by atoms with Crippen LogP contribution in [0.2, 0.25) is 0 Å². The maximum absolute atomic E-state index is 15.7. The van der Waals surface area contributed by atoms with Gasteiger partial charge in [-0.15, -0.1) is 0 Å². The first-order valence-corrected chi connectivity index (χ1v) is 13.3. The molecule has 3 fully saturated rings. The van der Waals surface area contributed by atoms with Gasteiger partial charge in [0, 0.05) is 21.6 Å². The Bertz CT molecular complexity index is 1300. The molecule has 0 spiro atoms. The number of alkyl halides is 1. The molecule has 3 aromatic rings. The largest absolute Gasteiger partial charge is 0.334 e. The Morgan fingerprint density at radius 1 is 0.914 bits per heavy atom. The zero-order valence-corrected chi connectivity index (χ0v) is 21.1. The molecular weight excluding hydrogens is 507 g/mol. The molecule has 180 valence electrons. The van der Waals surface area contributed by atoms with Gasteiger partial charge in [-0.3, -0.25) is 9.59 Å². The van der Waals surface area contributed by atoms with E-state index in [-0.39, 0.29) is 30.9 Å². The van der Waals surface area contributed by atoms with Crippen LogP contribution in [0.25, 0.3) is 10.8 Å². The smallest absolute Gasteiger partial charge is 0.254 e. The van der Waals surface area contributed by atoms with Crippen molar-refractivity contribution in [3.8, 4) is 0 Å². The molecule has 1 aliphatic carbocycles. The van der Waals surface area contributed by atoms with Crippen LogP contribution in [0.3, 0.4) is 0 Å². The first kappa shape index (κ1) is 22.7. The summed E-state index contributed by atoms with van der Waals surface area (Å²) in [5, 5.41) is 2.10. The van der Waals surface area contributed by atoms with Crippen molar-refractivity contribution < 1.29 is 14.0 Å². The van der Waals surface area contributed by atoms with Crippen LogP contribution >= 0.6 is 15.9 Å². The lowest BCUT2D eigenvalue weighted by molar-refractivity contribution is -0.150. The molecule has 6 heteroatoms. The van der Waals surface area contributed by atoms with Crippen molar-refractivity contribution in [2.75, 3.05) is 13.1 Å². The zero-order valence-electron chi connectivity index (χ0n) is 19.5. The molecule has 6 rings (SSSR count). The van der Waals surface area contributed by atoms with E-state index in [1.807, 2.05) is 65.6 Å². The second-order valence-electron chi connectivity index (χ2n) is 10.3. The minimum atomic E-state index is -1.56. The van der Waals surface area contributed by atoms with Gasteiger partial charge < -0.3 is 9.80 Å². The minimum Gasteiger partial charge on any atom is -0.334 e. The molecule has 4 nitrogen and oxygen atoms in total. The average molecular weight is 535 g/mol. The Balaban J connectivity index is 1.27. The Kier molecular flexibility index (Phi) is 5.67. The molecule has 2 amide bonds. The highest BCUT2D eigenvalue weighted by molar-refractivity contribution is 9.10. The standard InChI is InChI=1S/C29H28BrFN2O2/c30-24-11-5-4-10-23(24)29(31)17-32(18-29)28(35)26-16-21-9-3-6-12-25(21)33(26)27(34)22-14-13-19-7-1-2-8-20(19)15-22/h1-2,4-5,7-8,10-11,13-15,21,25-26H,3,6,9,12,16-18H2/t21-,25-,26-/m0/s1. The summed E-state index contributed by atoms with van der Waals surface area (Å²) >= 11 is 3.45. The number of carbonyl (C=O) groups is 2. The minimum absolute atomic E-state index is 0.0261. The second-order valence-corrected chi connectivity index (χ2v) is 11.1. The van der Waals surface area contributed by atoms with Crippen molar-refractivity contribution in [3.63, 3.8) is 0 Å². The second kappa shape index (κ2) is 8.74. The van der Waals surface area contributed by atoms with Gasteiger partial charge in [-0.1, -0.05) is 77.3 Å². The Morgan fingerprint density at radius 2 is 1.63 bits per heavy atom. The van der Waals surface area contributed by atoms with Crippen LogP contribution in [0.4, 0.5) is 4.39 Å². The van der Waals surface area contributed by atoms with Gasteiger partial charge in [0.1, 0.15) is 6.04 Å². The molecule has 2 aliphatic heterocycles. The number of halogens is 2. The predicted octanol–water partition coefficient (Wildman–Crippen LogP) is 6.08. The van der Waals surface area contributed by atoms with Gasteiger partial charge in [0.05, 0.1) is 13.1 Å². The average Bonchev–Trinajstić information content (AvgIpc) is 3.25. The maximum Gasteiger partial charge on any atom is 0.254 e. The van der Waals surface area contributed by atoms with Gasteiger partial charge in [-0.2, -0.15) is 0 Å². The monoisotopic (exact) mass is 534 g/mol. The number of benzene rings is 3. The predicted molar refractivity (Wildman–Crippen MR) is 138 cm³/mol. The van der Waals surface area contributed by atoms with Crippen LogP contribution in [0.5, 0.6) is 0 Å². The molecule has 0 unspecified atom stereocenters. The van der Waals surface area contributed by atoms with Crippen molar-refractivity contribution in [2.45, 2.75) is 49.9 Å². The summed E-state index contributed by atoms with van der Waals surface area (Å²) in [4.78, 5) is 31.0. The molecule has 3 atom stereocenters. The lowest BCUT2D eigenvalue weighted by Crippen LogP contribution is -2.63. The summed E-state index contributed by atoms with van der Waals surface area (Å²) in [5.74, 6) is 0.136. The SMILES string of the molecule is O=C([C@@H]1C[C@@H]2CCCC[C@@H]2N1C(=O)c1ccc2ccccc2c1)N1CC(F)(c2ccccc2Br)C1. The normalized spacial score (nSPS) is 25.3. The summed E-state index contributed by atoms with van der Waals surface area (Å²) in [6.07, 6.45) is 4.85. The van der Waals surface area contributed by atoms with Crippen LogP contribution in [-0.4, -0.2) is 46.8 Å². The Labute approximate surface area is 213 Å². The fraction of sp³-hybridized carbons (Fsp3) is 0.379. The quantitative estimate of drug-likeness (QED) is 0.408. The van der Waals surface area contributed by atoms with E-state index in [1.54, 1.807) is 11.0 Å². The summed E-state index contributed by atoms with van der Waals surface area (Å²) < 4.78 is 16.4. The first-order chi connectivity index (χ1) is 16.9. The molecule has 0 aromatic heterocycles. The van der Waals surface area contributed by atoms with Crippen LogP contribution in [0.15, 0.2) is 71.2 Å². The number of hydrogen-bond acceptors (Lipinski definition) is 2. The van der Waals surface area contributed by atoms with Crippen LogP contribution < -0.4 is 0 Å². The van der Waals surface area contributed by atoms with Gasteiger partial charge in [0.2, 0.25) is 5.91 Å². The van der Waals surface area contributed by atoms with Crippen LogP contribution in [0, 0.1) is 5.92 Å². The number of nitrogens with zero attached hydrogens (tertiary/aromatic N) is 2. The van der Waals surface area contributed by atoms with E-state index >= 15 is 4.39 Å². The lowest BCUT2D eigenvalue weighted by Gasteiger charge is -2.47. The van der Waals surface area contributed by atoms with E-state index in [2.05, 4.69) is 15.9 Å². The van der Waals surface area contributed by atoms with Crippen LogP contribution in [0.1, 0.15) is 48.0 Å². The van der Waals surface area contributed by atoms with E-state index < -0.39 is 11.7 Å². The van der Waals surface area contributed by atoms with Crippen molar-refractivity contribution in [2.24, 2.45) is 5.92 Å². The third kappa shape index (κ3) is 3.86. The third-order valence-electron chi connectivity index (χ3n) is 8.16. The zero-order chi connectivity index (χ0) is 24.2. The number of likely N-dealkylation sites (tertiary alicyclic amines) is 2. The summed E-state index contributed by atoms with van der Waals surface area (Å²) in [7, 11) is 0. The van der Waals surface area contributed by atoms with Crippen molar-refractivity contribution >= 4 is 38.5 Å². The fourth-order valence-corrected chi connectivity index (χ4v) is 7.00. The molecule has 1 saturated carbocycles. The molecule has 2 saturated heterocycles. The van der Waals surface area contributed by atoms with Gasteiger partial charge in [0.25, 0.3) is 5.91 Å². The fourth-order valence-electron chi connectivity index (χ4n) is 6.36. The highest BCUT2D eigenvalue weighted by atomic mass is 79.9. The van der Waals surface area contributed by atoms with Crippen molar-refractivity contribution in [3.05, 3.63) is 82.3 Å². The van der Waals surface area contributed by atoms with E-state index in [0.29, 0.717) is 23.5 Å². The van der Waals surface area contributed by atoms with Crippen molar-refractivity contribution in [1.29, 1.82) is 0 Å². The number of amides is 2. The molecule has 0 bridgehead atoms. The van der Waals surface area contributed by atoms with Crippen molar-refractivity contribution in [1.82, 2.24) is 9.80 Å². The van der Waals surface area contributed by atoms with Gasteiger partial charge in [0.15, 0.2) is 5.67 Å².